The van der Waals surface area contributed by atoms with E-state index in [2.05, 4.69) is 0 Å². The summed E-state index contributed by atoms with van der Waals surface area (Å²) in [6.45, 7) is 0.826. The monoisotopic (exact) mass is 230 g/mol. The Kier molecular flexibility index (Phi) is 4.79. The molecule has 0 aliphatic carbocycles. The molecule has 0 radical (unpaired) electrons. The highest BCUT2D eigenvalue weighted by Crippen LogP contribution is 2.11. The van der Waals surface area contributed by atoms with Crippen LogP contribution in [0.2, 0.25) is 0 Å². The fourth-order valence-electron chi connectivity index (χ4n) is 1.44. The molecule has 1 unspecified atom stereocenters. The first-order valence-corrected chi connectivity index (χ1v) is 5.03. The summed E-state index contributed by atoms with van der Waals surface area (Å²) in [7, 11) is 1.74. The van der Waals surface area contributed by atoms with Gasteiger partial charge in [0.25, 0.3) is 0 Å². The molecule has 1 rings (SSSR count). The zero-order chi connectivity index (χ0) is 12.1. The molecule has 0 bridgehead atoms. The van der Waals surface area contributed by atoms with Gasteiger partial charge < -0.3 is 10.8 Å². The molecule has 1 atom stereocenters. The van der Waals surface area contributed by atoms with Crippen LogP contribution in [-0.4, -0.2) is 36.2 Å². The standard InChI is InChI=1S/C11H16F2N2O/c1-15(7-10(16)5-14)6-8-2-3-9(12)4-11(8)13/h2-4,10,16H,5-7,14H2,1H3. The van der Waals surface area contributed by atoms with E-state index in [0.29, 0.717) is 18.7 Å². The van der Waals surface area contributed by atoms with Gasteiger partial charge in [0, 0.05) is 31.3 Å². The molecule has 3 N–H and O–H groups in total. The number of nitrogens with zero attached hydrogens (tertiary/aromatic N) is 1. The number of likely N-dealkylation sites (N-methyl/N-ethyl adjacent to an activating group) is 1. The number of aliphatic hydroxyl groups is 1. The summed E-state index contributed by atoms with van der Waals surface area (Å²) in [5, 5.41) is 9.30. The quantitative estimate of drug-likeness (QED) is 0.783. The maximum absolute atomic E-state index is 13.3. The SMILES string of the molecule is CN(Cc1ccc(F)cc1F)CC(O)CN. The van der Waals surface area contributed by atoms with E-state index in [1.165, 1.54) is 12.1 Å². The summed E-state index contributed by atoms with van der Waals surface area (Å²) in [5.74, 6) is -1.17. The molecule has 0 amide bonds. The Morgan fingerprint density at radius 2 is 2.12 bits per heavy atom. The van der Waals surface area contributed by atoms with Crippen molar-refractivity contribution in [3.05, 3.63) is 35.4 Å². The molecular formula is C11H16F2N2O. The molecule has 1 aromatic rings. The first kappa shape index (κ1) is 13.0. The summed E-state index contributed by atoms with van der Waals surface area (Å²) in [6.07, 6.45) is -0.631. The molecule has 0 aliphatic rings. The van der Waals surface area contributed by atoms with Gasteiger partial charge in [-0.25, -0.2) is 8.78 Å². The Morgan fingerprint density at radius 3 is 2.69 bits per heavy atom. The fraction of sp³-hybridized carbons (Fsp3) is 0.455. The Balaban J connectivity index is 2.59. The normalized spacial score (nSPS) is 13.1. The van der Waals surface area contributed by atoms with E-state index >= 15 is 0 Å². The van der Waals surface area contributed by atoms with Gasteiger partial charge in [-0.2, -0.15) is 0 Å². The van der Waals surface area contributed by atoms with Gasteiger partial charge >= 0.3 is 0 Å². The third-order valence-electron chi connectivity index (χ3n) is 2.25. The lowest BCUT2D eigenvalue weighted by Gasteiger charge is -2.19. The van der Waals surface area contributed by atoms with Crippen molar-refractivity contribution < 1.29 is 13.9 Å². The van der Waals surface area contributed by atoms with E-state index in [1.54, 1.807) is 11.9 Å². The van der Waals surface area contributed by atoms with E-state index in [1.807, 2.05) is 0 Å². The molecule has 0 fully saturated rings. The highest BCUT2D eigenvalue weighted by Gasteiger charge is 2.09. The maximum Gasteiger partial charge on any atom is 0.130 e. The van der Waals surface area contributed by atoms with E-state index in [0.717, 1.165) is 6.07 Å². The molecule has 3 nitrogen and oxygen atoms in total. The number of benzene rings is 1. The van der Waals surface area contributed by atoms with Crippen molar-refractivity contribution in [2.24, 2.45) is 5.73 Å². The van der Waals surface area contributed by atoms with Crippen LogP contribution in [0.25, 0.3) is 0 Å². The van der Waals surface area contributed by atoms with Gasteiger partial charge in [0.05, 0.1) is 6.10 Å². The van der Waals surface area contributed by atoms with Crippen LogP contribution < -0.4 is 5.73 Å². The molecule has 16 heavy (non-hydrogen) atoms. The van der Waals surface area contributed by atoms with Gasteiger partial charge in [0.2, 0.25) is 0 Å². The molecule has 0 saturated carbocycles. The van der Waals surface area contributed by atoms with Crippen LogP contribution in [0.1, 0.15) is 5.56 Å². The molecule has 0 spiro atoms. The number of hydrogen-bond donors (Lipinski definition) is 2. The average molecular weight is 230 g/mol. The van der Waals surface area contributed by atoms with Gasteiger partial charge in [-0.1, -0.05) is 6.07 Å². The van der Waals surface area contributed by atoms with Crippen LogP contribution >= 0.6 is 0 Å². The van der Waals surface area contributed by atoms with Crippen molar-refractivity contribution in [1.82, 2.24) is 4.90 Å². The minimum absolute atomic E-state index is 0.163. The van der Waals surface area contributed by atoms with E-state index < -0.39 is 17.7 Å². The summed E-state index contributed by atoms with van der Waals surface area (Å²) in [4.78, 5) is 1.73. The van der Waals surface area contributed by atoms with Crippen LogP contribution in [0, 0.1) is 11.6 Å². The number of aliphatic hydroxyl groups excluding tert-OH is 1. The molecule has 0 aromatic heterocycles. The Labute approximate surface area is 93.5 Å². The lowest BCUT2D eigenvalue weighted by Crippen LogP contribution is -2.33. The molecule has 5 heteroatoms. The van der Waals surface area contributed by atoms with Crippen molar-refractivity contribution >= 4 is 0 Å². The molecule has 0 saturated heterocycles. The summed E-state index contributed by atoms with van der Waals surface area (Å²) in [6, 6.07) is 3.46. The minimum atomic E-state index is -0.631. The zero-order valence-corrected chi connectivity index (χ0v) is 9.16. The number of hydrogen-bond acceptors (Lipinski definition) is 3. The molecule has 0 aliphatic heterocycles. The van der Waals surface area contributed by atoms with Crippen LogP contribution in [0.4, 0.5) is 8.78 Å². The molecular weight excluding hydrogens is 214 g/mol. The topological polar surface area (TPSA) is 49.5 Å². The number of halogens is 2. The third-order valence-corrected chi connectivity index (χ3v) is 2.25. The summed E-state index contributed by atoms with van der Waals surface area (Å²) >= 11 is 0. The lowest BCUT2D eigenvalue weighted by atomic mass is 10.2. The summed E-state index contributed by atoms with van der Waals surface area (Å²) in [5.41, 5.74) is 5.66. The van der Waals surface area contributed by atoms with Crippen molar-refractivity contribution in [2.75, 3.05) is 20.1 Å². The Hall–Kier alpha value is -1.04. The predicted molar refractivity (Wildman–Crippen MR) is 57.8 cm³/mol. The third kappa shape index (κ3) is 3.84. The molecule has 90 valence electrons. The zero-order valence-electron chi connectivity index (χ0n) is 9.16. The maximum atomic E-state index is 13.3. The Morgan fingerprint density at radius 1 is 1.44 bits per heavy atom. The fourth-order valence-corrected chi connectivity index (χ4v) is 1.44. The van der Waals surface area contributed by atoms with Gasteiger partial charge in [0.15, 0.2) is 0 Å². The van der Waals surface area contributed by atoms with Gasteiger partial charge in [-0.15, -0.1) is 0 Å². The van der Waals surface area contributed by atoms with E-state index in [9.17, 15) is 13.9 Å². The second-order valence-corrected chi connectivity index (χ2v) is 3.82. The van der Waals surface area contributed by atoms with Crippen molar-refractivity contribution in [3.63, 3.8) is 0 Å². The first-order valence-electron chi connectivity index (χ1n) is 5.03. The van der Waals surface area contributed by atoms with Crippen LogP contribution in [-0.2, 0) is 6.54 Å². The minimum Gasteiger partial charge on any atom is -0.390 e. The first-order chi connectivity index (χ1) is 7.52. The van der Waals surface area contributed by atoms with Crippen LogP contribution in [0.5, 0.6) is 0 Å². The van der Waals surface area contributed by atoms with Gasteiger partial charge in [0.1, 0.15) is 11.6 Å². The molecule has 1 aromatic carbocycles. The highest BCUT2D eigenvalue weighted by molar-refractivity contribution is 5.18. The van der Waals surface area contributed by atoms with Gasteiger partial charge in [-0.3, -0.25) is 4.90 Å². The summed E-state index contributed by atoms with van der Waals surface area (Å²) < 4.78 is 25.9. The largest absolute Gasteiger partial charge is 0.390 e. The van der Waals surface area contributed by atoms with Crippen molar-refractivity contribution in [3.8, 4) is 0 Å². The van der Waals surface area contributed by atoms with E-state index in [4.69, 9.17) is 5.73 Å². The molecule has 0 heterocycles. The lowest BCUT2D eigenvalue weighted by molar-refractivity contribution is 0.129. The highest BCUT2D eigenvalue weighted by atomic mass is 19.1. The van der Waals surface area contributed by atoms with Gasteiger partial charge in [-0.05, 0) is 13.1 Å². The van der Waals surface area contributed by atoms with Crippen molar-refractivity contribution in [1.29, 1.82) is 0 Å². The number of rotatable bonds is 5. The van der Waals surface area contributed by atoms with Crippen LogP contribution in [0.15, 0.2) is 18.2 Å². The smallest absolute Gasteiger partial charge is 0.130 e. The predicted octanol–water partition coefficient (Wildman–Crippen LogP) is 0.716. The Bertz CT molecular complexity index is 347. The second-order valence-electron chi connectivity index (χ2n) is 3.82. The number of nitrogens with two attached hydrogens (primary N) is 1. The van der Waals surface area contributed by atoms with Crippen LogP contribution in [0.3, 0.4) is 0 Å². The second kappa shape index (κ2) is 5.89. The average Bonchev–Trinajstić information content (AvgIpc) is 2.22. The van der Waals surface area contributed by atoms with Crippen molar-refractivity contribution in [2.45, 2.75) is 12.6 Å². The van der Waals surface area contributed by atoms with E-state index in [-0.39, 0.29) is 6.54 Å².